The van der Waals surface area contributed by atoms with Gasteiger partial charge >= 0.3 is 5.97 Å². The molecule has 1 aromatic carbocycles. The Kier molecular flexibility index (Phi) is 6.22. The van der Waals surface area contributed by atoms with Crippen molar-refractivity contribution in [2.45, 2.75) is 20.5 Å². The van der Waals surface area contributed by atoms with Crippen LogP contribution in [0.1, 0.15) is 28.2 Å². The largest absolute Gasteiger partial charge is 0.503 e. The van der Waals surface area contributed by atoms with Crippen molar-refractivity contribution in [1.82, 2.24) is 9.97 Å². The summed E-state index contributed by atoms with van der Waals surface area (Å²) in [5.41, 5.74) is 3.48. The van der Waals surface area contributed by atoms with E-state index in [4.69, 9.17) is 9.57 Å². The zero-order valence-corrected chi connectivity index (χ0v) is 14.3. The van der Waals surface area contributed by atoms with E-state index in [2.05, 4.69) is 15.1 Å². The first-order chi connectivity index (χ1) is 12.0. The van der Waals surface area contributed by atoms with Crippen LogP contribution in [0.15, 0.2) is 41.9 Å². The molecule has 130 valence electrons. The normalized spacial score (nSPS) is 11.6. The third-order valence-corrected chi connectivity index (χ3v) is 3.44. The fourth-order valence-electron chi connectivity index (χ4n) is 2.06. The van der Waals surface area contributed by atoms with E-state index in [9.17, 15) is 9.90 Å². The van der Waals surface area contributed by atoms with Gasteiger partial charge < -0.3 is 14.7 Å². The van der Waals surface area contributed by atoms with Gasteiger partial charge in [-0.3, -0.25) is 9.97 Å². The Hall–Kier alpha value is -3.22. The van der Waals surface area contributed by atoms with Gasteiger partial charge in [-0.05, 0) is 13.8 Å². The van der Waals surface area contributed by atoms with Gasteiger partial charge in [-0.2, -0.15) is 0 Å². The Morgan fingerprint density at radius 2 is 2.04 bits per heavy atom. The quantitative estimate of drug-likeness (QED) is 0.360. The van der Waals surface area contributed by atoms with Crippen LogP contribution >= 0.6 is 0 Å². The molecule has 1 aromatic heterocycles. The van der Waals surface area contributed by atoms with Crippen molar-refractivity contribution in [3.05, 3.63) is 64.9 Å². The monoisotopic (exact) mass is 341 g/mol. The van der Waals surface area contributed by atoms with Crippen molar-refractivity contribution in [2.24, 2.45) is 5.16 Å². The summed E-state index contributed by atoms with van der Waals surface area (Å²) in [6.07, 6.45) is 4.27. The minimum atomic E-state index is -1.09. The summed E-state index contributed by atoms with van der Waals surface area (Å²) < 4.78 is 4.85. The Bertz CT molecular complexity index is 816. The minimum Gasteiger partial charge on any atom is -0.503 e. The van der Waals surface area contributed by atoms with Crippen LogP contribution in [0.5, 0.6) is 0 Å². The van der Waals surface area contributed by atoms with E-state index < -0.39 is 5.97 Å². The molecule has 7 nitrogen and oxygen atoms in total. The third kappa shape index (κ3) is 4.87. The topological polar surface area (TPSA) is 93.9 Å². The molecular formula is C18H19N3O4. The molecule has 0 spiro atoms. The lowest BCUT2D eigenvalue weighted by molar-refractivity contribution is -0.130. The molecule has 1 heterocycles. The number of benzene rings is 1. The molecule has 7 heteroatoms. The van der Waals surface area contributed by atoms with Gasteiger partial charge in [0.2, 0.25) is 0 Å². The molecule has 0 amide bonds. The van der Waals surface area contributed by atoms with Crippen LogP contribution in [-0.2, 0) is 21.0 Å². The predicted molar refractivity (Wildman–Crippen MR) is 93.0 cm³/mol. The Labute approximate surface area is 145 Å². The number of carbonyl (C=O) groups is 1. The average Bonchev–Trinajstić information content (AvgIpc) is 2.60. The molecule has 25 heavy (non-hydrogen) atoms. The molecule has 0 aliphatic rings. The van der Waals surface area contributed by atoms with Gasteiger partial charge in [-0.15, -0.1) is 0 Å². The van der Waals surface area contributed by atoms with Gasteiger partial charge in [-0.25, -0.2) is 4.79 Å². The molecule has 0 saturated heterocycles. The molecule has 1 N–H and O–H groups in total. The van der Waals surface area contributed by atoms with Crippen LogP contribution in [0.3, 0.4) is 0 Å². The third-order valence-electron chi connectivity index (χ3n) is 3.44. The highest BCUT2D eigenvalue weighted by Crippen LogP contribution is 2.18. The highest BCUT2D eigenvalue weighted by atomic mass is 16.6. The number of oxime groups is 1. The second kappa shape index (κ2) is 8.58. The van der Waals surface area contributed by atoms with E-state index in [1.165, 1.54) is 19.6 Å². The van der Waals surface area contributed by atoms with Gasteiger partial charge in [0, 0.05) is 11.1 Å². The van der Waals surface area contributed by atoms with Crippen LogP contribution in [0, 0.1) is 13.8 Å². The molecule has 0 saturated carbocycles. The molecular weight excluding hydrogens is 322 g/mol. The maximum absolute atomic E-state index is 11.4. The lowest BCUT2D eigenvalue weighted by Gasteiger charge is -2.06. The molecule has 0 radical (unpaired) electrons. The maximum atomic E-state index is 11.4. The zero-order valence-electron chi connectivity index (χ0n) is 14.3. The maximum Gasteiger partial charge on any atom is 0.339 e. The standard InChI is InChI=1S/C18H19N3O4/c1-12-13(2)21-15(9-19-12)10-25-20-8-14-6-4-5-7-16(14)17(11-24-3)18(22)23/h4-9,11H,10H2,1-3H3,(H,22,23). The van der Waals surface area contributed by atoms with Crippen molar-refractivity contribution >= 4 is 17.8 Å². The van der Waals surface area contributed by atoms with Crippen molar-refractivity contribution < 1.29 is 19.5 Å². The lowest BCUT2D eigenvalue weighted by Crippen LogP contribution is -2.03. The van der Waals surface area contributed by atoms with E-state index in [0.29, 0.717) is 16.8 Å². The number of nitrogens with zero attached hydrogens (tertiary/aromatic N) is 3. The van der Waals surface area contributed by atoms with Crippen LogP contribution in [0.2, 0.25) is 0 Å². The predicted octanol–water partition coefficient (Wildman–Crippen LogP) is 2.72. The van der Waals surface area contributed by atoms with E-state index in [0.717, 1.165) is 11.4 Å². The first kappa shape index (κ1) is 18.1. The van der Waals surface area contributed by atoms with Crippen molar-refractivity contribution in [1.29, 1.82) is 0 Å². The number of methoxy groups -OCH3 is 1. The van der Waals surface area contributed by atoms with Crippen molar-refractivity contribution in [2.75, 3.05) is 7.11 Å². The first-order valence-electron chi connectivity index (χ1n) is 7.53. The molecule has 0 bridgehead atoms. The molecule has 2 rings (SSSR count). The number of ether oxygens (including phenoxy) is 1. The SMILES string of the molecule is COC=C(C(=O)O)c1ccccc1C=NOCc1cnc(C)c(C)n1. The zero-order chi connectivity index (χ0) is 18.2. The molecule has 0 atom stereocenters. The number of rotatable bonds is 7. The van der Waals surface area contributed by atoms with Crippen LogP contribution in [0.4, 0.5) is 0 Å². The summed E-state index contributed by atoms with van der Waals surface area (Å²) in [5.74, 6) is -1.09. The summed E-state index contributed by atoms with van der Waals surface area (Å²) in [6, 6.07) is 6.94. The second-order valence-electron chi connectivity index (χ2n) is 5.20. The number of aryl methyl sites for hydroxylation is 2. The molecule has 0 aliphatic heterocycles. The number of hydrogen-bond acceptors (Lipinski definition) is 6. The first-order valence-corrected chi connectivity index (χ1v) is 7.53. The number of aromatic nitrogens is 2. The number of carboxylic acids is 1. The van der Waals surface area contributed by atoms with Gasteiger partial charge in [0.15, 0.2) is 6.61 Å². The molecule has 2 aromatic rings. The average molecular weight is 341 g/mol. The Morgan fingerprint density at radius 3 is 2.72 bits per heavy atom. The van der Waals surface area contributed by atoms with Gasteiger partial charge in [0.05, 0.1) is 42.9 Å². The van der Waals surface area contributed by atoms with E-state index in [-0.39, 0.29) is 12.2 Å². The summed E-state index contributed by atoms with van der Waals surface area (Å²) in [5, 5.41) is 13.2. The second-order valence-corrected chi connectivity index (χ2v) is 5.20. The summed E-state index contributed by atoms with van der Waals surface area (Å²) >= 11 is 0. The van der Waals surface area contributed by atoms with Gasteiger partial charge in [0.1, 0.15) is 5.57 Å². The smallest absolute Gasteiger partial charge is 0.339 e. The van der Waals surface area contributed by atoms with Crippen LogP contribution < -0.4 is 0 Å². The number of carboxylic acid groups (broad SMARTS) is 1. The van der Waals surface area contributed by atoms with Crippen molar-refractivity contribution in [3.8, 4) is 0 Å². The molecule has 0 aliphatic carbocycles. The number of hydrogen-bond donors (Lipinski definition) is 1. The van der Waals surface area contributed by atoms with Gasteiger partial charge in [-0.1, -0.05) is 29.4 Å². The van der Waals surface area contributed by atoms with Crippen molar-refractivity contribution in [3.63, 3.8) is 0 Å². The molecule has 0 fully saturated rings. The van der Waals surface area contributed by atoms with E-state index in [1.807, 2.05) is 13.8 Å². The van der Waals surface area contributed by atoms with E-state index >= 15 is 0 Å². The summed E-state index contributed by atoms with van der Waals surface area (Å²) in [4.78, 5) is 25.2. The Balaban J connectivity index is 2.12. The fourth-order valence-corrected chi connectivity index (χ4v) is 2.06. The minimum absolute atomic E-state index is 0.0320. The summed E-state index contributed by atoms with van der Waals surface area (Å²) in [7, 11) is 1.40. The fraction of sp³-hybridized carbons (Fsp3) is 0.222. The lowest BCUT2D eigenvalue weighted by atomic mass is 10.0. The Morgan fingerprint density at radius 1 is 1.28 bits per heavy atom. The van der Waals surface area contributed by atoms with Gasteiger partial charge in [0.25, 0.3) is 0 Å². The highest BCUT2D eigenvalue weighted by molar-refractivity contribution is 6.17. The number of aliphatic carboxylic acids is 1. The van der Waals surface area contributed by atoms with E-state index in [1.54, 1.807) is 30.5 Å². The summed E-state index contributed by atoms with van der Waals surface area (Å²) in [6.45, 7) is 3.93. The van der Waals surface area contributed by atoms with Crippen LogP contribution in [0.25, 0.3) is 5.57 Å². The van der Waals surface area contributed by atoms with Crippen LogP contribution in [-0.4, -0.2) is 34.4 Å². The molecule has 0 unspecified atom stereocenters. The highest BCUT2D eigenvalue weighted by Gasteiger charge is 2.14.